The minimum absolute atomic E-state index is 0.0144. The largest absolute Gasteiger partial charge is 0.489 e. The standard InChI is InChI=1S/C23H25ClN6OS/c1-15(13-29(2)3)31-19-7-5-6-18-21(19)22(27-14-26-18)28-16-8-9-20(17(24)12-16)32-23-25-10-11-30(23)4/h5-12,14-15H,13H2,1-4H3,(H,26,27,28)/t15-/m1/s1. The molecule has 0 aliphatic carbocycles. The van der Waals surface area contributed by atoms with Crippen LogP contribution in [0.5, 0.6) is 5.75 Å². The van der Waals surface area contributed by atoms with Crippen molar-refractivity contribution in [1.29, 1.82) is 0 Å². The summed E-state index contributed by atoms with van der Waals surface area (Å²) in [6, 6.07) is 11.7. The fourth-order valence-electron chi connectivity index (χ4n) is 3.39. The molecule has 0 bridgehead atoms. The molecule has 0 aliphatic rings. The van der Waals surface area contributed by atoms with Crippen molar-refractivity contribution < 1.29 is 4.74 Å². The molecular formula is C23H25ClN6OS. The van der Waals surface area contributed by atoms with E-state index in [0.29, 0.717) is 10.8 Å². The van der Waals surface area contributed by atoms with Crippen molar-refractivity contribution in [3.05, 3.63) is 60.1 Å². The highest BCUT2D eigenvalue weighted by atomic mass is 35.5. The number of aryl methyl sites for hydroxylation is 1. The molecule has 0 amide bonds. The zero-order chi connectivity index (χ0) is 22.7. The van der Waals surface area contributed by atoms with Crippen LogP contribution in [0.15, 0.2) is 65.2 Å². The third kappa shape index (κ3) is 5.15. The van der Waals surface area contributed by atoms with Crippen molar-refractivity contribution in [2.75, 3.05) is 26.0 Å². The molecule has 0 radical (unpaired) electrons. The number of aromatic nitrogens is 4. The quantitative estimate of drug-likeness (QED) is 0.379. The fraction of sp³-hybridized carbons (Fsp3) is 0.261. The van der Waals surface area contributed by atoms with Gasteiger partial charge in [0.1, 0.15) is 24.0 Å². The van der Waals surface area contributed by atoms with Crippen molar-refractivity contribution >= 4 is 45.8 Å². The summed E-state index contributed by atoms with van der Waals surface area (Å²) in [5, 5.41) is 5.73. The number of fused-ring (bicyclic) bond motifs is 1. The lowest BCUT2D eigenvalue weighted by atomic mass is 10.2. The zero-order valence-electron chi connectivity index (χ0n) is 18.4. The first-order valence-electron chi connectivity index (χ1n) is 10.2. The van der Waals surface area contributed by atoms with E-state index in [1.807, 2.05) is 75.2 Å². The van der Waals surface area contributed by atoms with Crippen LogP contribution in [0.4, 0.5) is 11.5 Å². The predicted octanol–water partition coefficient (Wildman–Crippen LogP) is 5.24. The van der Waals surface area contributed by atoms with Gasteiger partial charge in [-0.15, -0.1) is 0 Å². The first kappa shape index (κ1) is 22.4. The molecule has 2 heterocycles. The second kappa shape index (κ2) is 9.77. The number of rotatable bonds is 8. The number of anilines is 2. The maximum atomic E-state index is 6.57. The van der Waals surface area contributed by atoms with Crippen LogP contribution in [0.25, 0.3) is 10.9 Å². The molecule has 1 N–H and O–H groups in total. The van der Waals surface area contributed by atoms with Gasteiger partial charge in [-0.3, -0.25) is 0 Å². The van der Waals surface area contributed by atoms with E-state index in [0.717, 1.165) is 38.9 Å². The number of hydrogen-bond acceptors (Lipinski definition) is 7. The number of likely N-dealkylation sites (N-methyl/N-ethyl adjacent to an activating group) is 1. The SMILES string of the molecule is C[C@H](CN(C)C)Oc1cccc2ncnc(Nc3ccc(Sc4nccn4C)c(Cl)c3)c12. The highest BCUT2D eigenvalue weighted by molar-refractivity contribution is 7.99. The Kier molecular flexibility index (Phi) is 6.83. The summed E-state index contributed by atoms with van der Waals surface area (Å²) in [5.74, 6) is 1.41. The minimum atomic E-state index is 0.0144. The van der Waals surface area contributed by atoms with E-state index < -0.39 is 0 Å². The van der Waals surface area contributed by atoms with Crippen LogP contribution in [0.2, 0.25) is 5.02 Å². The topological polar surface area (TPSA) is 68.1 Å². The molecule has 0 saturated carbocycles. The Balaban J connectivity index is 1.61. The highest BCUT2D eigenvalue weighted by Gasteiger charge is 2.14. The number of ether oxygens (including phenoxy) is 1. The maximum absolute atomic E-state index is 6.57. The first-order valence-corrected chi connectivity index (χ1v) is 11.4. The number of benzene rings is 2. The lowest BCUT2D eigenvalue weighted by molar-refractivity contribution is 0.179. The Bertz CT molecular complexity index is 1220. The summed E-state index contributed by atoms with van der Waals surface area (Å²) >= 11 is 8.09. The Hall–Kier alpha value is -2.81. The summed E-state index contributed by atoms with van der Waals surface area (Å²) < 4.78 is 8.19. The molecule has 9 heteroatoms. The van der Waals surface area contributed by atoms with E-state index >= 15 is 0 Å². The van der Waals surface area contributed by atoms with Gasteiger partial charge >= 0.3 is 0 Å². The average Bonchev–Trinajstić information content (AvgIpc) is 3.14. The van der Waals surface area contributed by atoms with E-state index in [1.54, 1.807) is 12.5 Å². The highest BCUT2D eigenvalue weighted by Crippen LogP contribution is 2.36. The molecule has 32 heavy (non-hydrogen) atoms. The lowest BCUT2D eigenvalue weighted by Crippen LogP contribution is -2.28. The molecule has 1 atom stereocenters. The summed E-state index contributed by atoms with van der Waals surface area (Å²) in [6.45, 7) is 2.85. The van der Waals surface area contributed by atoms with Crippen molar-refractivity contribution in [3.63, 3.8) is 0 Å². The molecule has 7 nitrogen and oxygen atoms in total. The maximum Gasteiger partial charge on any atom is 0.172 e. The van der Waals surface area contributed by atoms with Crippen molar-refractivity contribution in [3.8, 4) is 5.75 Å². The Morgan fingerprint density at radius 1 is 1.19 bits per heavy atom. The van der Waals surface area contributed by atoms with Gasteiger partial charge in [-0.1, -0.05) is 29.4 Å². The van der Waals surface area contributed by atoms with Crippen LogP contribution in [-0.4, -0.2) is 51.2 Å². The number of nitrogens with one attached hydrogen (secondary N) is 1. The van der Waals surface area contributed by atoms with Gasteiger partial charge in [0.15, 0.2) is 5.16 Å². The number of hydrogen-bond donors (Lipinski definition) is 1. The first-order chi connectivity index (χ1) is 15.4. The van der Waals surface area contributed by atoms with Gasteiger partial charge in [0, 0.05) is 36.6 Å². The molecule has 0 unspecified atom stereocenters. The zero-order valence-corrected chi connectivity index (χ0v) is 20.0. The van der Waals surface area contributed by atoms with Gasteiger partial charge in [0.2, 0.25) is 0 Å². The van der Waals surface area contributed by atoms with Gasteiger partial charge in [-0.25, -0.2) is 15.0 Å². The van der Waals surface area contributed by atoms with Crippen molar-refractivity contribution in [1.82, 2.24) is 24.4 Å². The molecule has 0 aliphatic heterocycles. The van der Waals surface area contributed by atoms with Gasteiger partial charge in [0.05, 0.1) is 15.9 Å². The molecular weight excluding hydrogens is 444 g/mol. The Morgan fingerprint density at radius 3 is 2.75 bits per heavy atom. The monoisotopic (exact) mass is 468 g/mol. The molecule has 2 aromatic carbocycles. The summed E-state index contributed by atoms with van der Waals surface area (Å²) in [7, 11) is 6.01. The van der Waals surface area contributed by atoms with E-state index in [2.05, 4.69) is 25.2 Å². The van der Waals surface area contributed by atoms with Gasteiger partial charge < -0.3 is 19.5 Å². The van der Waals surface area contributed by atoms with Crippen LogP contribution in [0.1, 0.15) is 6.92 Å². The second-order valence-corrected chi connectivity index (χ2v) is 9.17. The van der Waals surface area contributed by atoms with Crippen LogP contribution in [0.3, 0.4) is 0 Å². The molecule has 166 valence electrons. The van der Waals surface area contributed by atoms with Crippen LogP contribution < -0.4 is 10.1 Å². The minimum Gasteiger partial charge on any atom is -0.489 e. The normalized spacial score (nSPS) is 12.3. The van der Waals surface area contributed by atoms with E-state index in [-0.39, 0.29) is 6.10 Å². The molecule has 0 fully saturated rings. The Morgan fingerprint density at radius 2 is 2.03 bits per heavy atom. The van der Waals surface area contributed by atoms with Crippen LogP contribution in [0, 0.1) is 0 Å². The van der Waals surface area contributed by atoms with Gasteiger partial charge in [-0.05, 0) is 51.4 Å². The third-order valence-corrected chi connectivity index (χ3v) is 6.32. The van der Waals surface area contributed by atoms with E-state index in [9.17, 15) is 0 Å². The molecule has 2 aromatic heterocycles. The van der Waals surface area contributed by atoms with Crippen LogP contribution in [-0.2, 0) is 7.05 Å². The van der Waals surface area contributed by atoms with Crippen molar-refractivity contribution in [2.45, 2.75) is 23.1 Å². The summed E-state index contributed by atoms with van der Waals surface area (Å²) in [6.07, 6.45) is 5.24. The molecule has 4 aromatic rings. The molecule has 0 saturated heterocycles. The number of halogens is 1. The van der Waals surface area contributed by atoms with E-state index in [1.165, 1.54) is 11.8 Å². The van der Waals surface area contributed by atoms with Gasteiger partial charge in [0.25, 0.3) is 0 Å². The average molecular weight is 469 g/mol. The summed E-state index contributed by atoms with van der Waals surface area (Å²) in [4.78, 5) is 16.3. The Labute approximate surface area is 196 Å². The number of nitrogens with zero attached hydrogens (tertiary/aromatic N) is 5. The van der Waals surface area contributed by atoms with E-state index in [4.69, 9.17) is 16.3 Å². The smallest absolute Gasteiger partial charge is 0.172 e. The second-order valence-electron chi connectivity index (χ2n) is 7.76. The third-order valence-electron chi connectivity index (χ3n) is 4.75. The number of imidazole rings is 1. The molecule has 4 rings (SSSR count). The summed E-state index contributed by atoms with van der Waals surface area (Å²) in [5.41, 5.74) is 1.64. The molecule has 0 spiro atoms. The van der Waals surface area contributed by atoms with Crippen molar-refractivity contribution in [2.24, 2.45) is 7.05 Å². The van der Waals surface area contributed by atoms with Crippen LogP contribution >= 0.6 is 23.4 Å². The lowest BCUT2D eigenvalue weighted by Gasteiger charge is -2.20. The predicted molar refractivity (Wildman–Crippen MR) is 130 cm³/mol. The van der Waals surface area contributed by atoms with Gasteiger partial charge in [-0.2, -0.15) is 0 Å². The fourth-order valence-corrected chi connectivity index (χ4v) is 4.49.